The minimum absolute atomic E-state index is 0.250. The summed E-state index contributed by atoms with van der Waals surface area (Å²) in [5, 5.41) is 12.2. The number of hydrogen-bond donors (Lipinski definition) is 1. The monoisotopic (exact) mass is 459 g/mol. The fourth-order valence-corrected chi connectivity index (χ4v) is 4.67. The summed E-state index contributed by atoms with van der Waals surface area (Å²) in [4.78, 5) is 9.05. The Morgan fingerprint density at radius 1 is 0.912 bits per heavy atom. The molecule has 178 valence electrons. The predicted octanol–water partition coefficient (Wildman–Crippen LogP) is 2.57. The highest BCUT2D eigenvalue weighted by molar-refractivity contribution is 5.36. The first-order chi connectivity index (χ1) is 16.8. The van der Waals surface area contributed by atoms with Gasteiger partial charge in [0.15, 0.2) is 5.82 Å². The molecule has 1 atom stereocenters. The molecule has 0 radical (unpaired) electrons. The number of nitrogens with two attached hydrogens (primary N) is 1. The molecule has 2 N–H and O–H groups in total. The van der Waals surface area contributed by atoms with Gasteiger partial charge in [0.1, 0.15) is 11.8 Å². The van der Waals surface area contributed by atoms with E-state index in [1.807, 2.05) is 57.9 Å². The third-order valence-electron chi connectivity index (χ3n) is 6.85. The molecule has 1 unspecified atom stereocenters. The van der Waals surface area contributed by atoms with Crippen LogP contribution in [0.4, 0.5) is 0 Å². The molecule has 1 aromatic carbocycles. The van der Waals surface area contributed by atoms with Crippen molar-refractivity contribution < 1.29 is 0 Å². The zero-order valence-electron chi connectivity index (χ0n) is 19.5. The van der Waals surface area contributed by atoms with Crippen molar-refractivity contribution in [3.05, 3.63) is 78.5 Å². The molecular weight excluding hydrogens is 426 g/mol. The molecule has 0 bridgehead atoms. The van der Waals surface area contributed by atoms with Crippen LogP contribution in [0.3, 0.4) is 0 Å². The number of hydrogen-bond acceptors (Lipinski definition) is 7. The van der Waals surface area contributed by atoms with E-state index < -0.39 is 0 Å². The lowest BCUT2D eigenvalue weighted by Crippen LogP contribution is -2.43. The van der Waals surface area contributed by atoms with Gasteiger partial charge >= 0.3 is 0 Å². The second kappa shape index (κ2) is 10.9. The highest BCUT2D eigenvalue weighted by atomic mass is 15.6. The second-order valence-corrected chi connectivity index (χ2v) is 9.03. The summed E-state index contributed by atoms with van der Waals surface area (Å²) in [6, 6.07) is 17.0. The Labute approximate surface area is 200 Å². The normalized spacial score (nSPS) is 18.6. The van der Waals surface area contributed by atoms with Crippen LogP contribution >= 0.6 is 0 Å². The van der Waals surface area contributed by atoms with Crippen LogP contribution in [0.5, 0.6) is 0 Å². The summed E-state index contributed by atoms with van der Waals surface area (Å²) in [5.41, 5.74) is 8.72. The topological polar surface area (TPSA) is 93.4 Å². The van der Waals surface area contributed by atoms with Crippen molar-refractivity contribution in [1.82, 2.24) is 39.4 Å². The van der Waals surface area contributed by atoms with E-state index in [0.717, 1.165) is 43.6 Å². The van der Waals surface area contributed by atoms with Gasteiger partial charge in [-0.1, -0.05) is 42.8 Å². The number of pyridine rings is 1. The Bertz CT molecular complexity index is 1120. The van der Waals surface area contributed by atoms with E-state index >= 15 is 0 Å². The van der Waals surface area contributed by atoms with E-state index in [1.165, 1.54) is 31.4 Å². The number of aromatic nitrogens is 6. The molecule has 1 saturated carbocycles. The molecule has 9 nitrogen and oxygen atoms in total. The molecule has 4 aromatic rings. The summed E-state index contributed by atoms with van der Waals surface area (Å²) in [6.45, 7) is 4.92. The highest BCUT2D eigenvalue weighted by Gasteiger charge is 2.29. The minimum Gasteiger partial charge on any atom is -0.309 e. The standard InChI is InChI=1S/C18H27N7.C7H6N2/c19-17(24-11-5-10-23(12-13-24)16-8-4-9-16)18-20-21-22-25(18)14-15-6-2-1-3-7-15;1-2-5-9-6-4-8-7(9)3-1/h1-3,6-7,16-17H,4-5,8-14,19H2;1-6H. The van der Waals surface area contributed by atoms with Crippen LogP contribution in [0, 0.1) is 0 Å². The van der Waals surface area contributed by atoms with Gasteiger partial charge in [-0.2, -0.15) is 0 Å². The number of tetrazole rings is 1. The maximum absolute atomic E-state index is 6.55. The smallest absolute Gasteiger partial charge is 0.183 e. The van der Waals surface area contributed by atoms with Gasteiger partial charge in [-0.15, -0.1) is 5.10 Å². The Morgan fingerprint density at radius 3 is 2.56 bits per heavy atom. The summed E-state index contributed by atoms with van der Waals surface area (Å²) in [5.74, 6) is 0.751. The van der Waals surface area contributed by atoms with Gasteiger partial charge in [-0.05, 0) is 53.9 Å². The lowest BCUT2D eigenvalue weighted by molar-refractivity contribution is 0.125. The van der Waals surface area contributed by atoms with Crippen molar-refractivity contribution in [2.75, 3.05) is 26.2 Å². The lowest BCUT2D eigenvalue weighted by Gasteiger charge is -2.37. The maximum Gasteiger partial charge on any atom is 0.183 e. The number of fused-ring (bicyclic) bond motifs is 1. The predicted molar refractivity (Wildman–Crippen MR) is 131 cm³/mol. The molecule has 6 rings (SSSR count). The Kier molecular flexibility index (Phi) is 7.23. The molecule has 9 heteroatoms. The molecule has 1 saturated heterocycles. The van der Waals surface area contributed by atoms with Crippen molar-refractivity contribution in [1.29, 1.82) is 0 Å². The molecule has 34 heavy (non-hydrogen) atoms. The van der Waals surface area contributed by atoms with Crippen molar-refractivity contribution in [2.24, 2.45) is 5.73 Å². The third kappa shape index (κ3) is 5.32. The van der Waals surface area contributed by atoms with Crippen LogP contribution in [-0.2, 0) is 6.54 Å². The highest BCUT2D eigenvalue weighted by Crippen LogP contribution is 2.26. The minimum atomic E-state index is -0.250. The molecule has 2 aliphatic rings. The zero-order chi connectivity index (χ0) is 23.2. The SMILES string of the molecule is NC(c1nnnn1Cc1ccccc1)N1CCCN(C2CCC2)CC1.c1ccn2ccnc2c1. The molecule has 1 aliphatic heterocycles. The Hall–Kier alpha value is -3.14. The largest absolute Gasteiger partial charge is 0.309 e. The first-order valence-electron chi connectivity index (χ1n) is 12.2. The fourth-order valence-electron chi connectivity index (χ4n) is 4.67. The molecule has 0 spiro atoms. The van der Waals surface area contributed by atoms with Crippen molar-refractivity contribution >= 4 is 5.65 Å². The quantitative estimate of drug-likeness (QED) is 0.490. The number of benzene rings is 1. The molecule has 4 heterocycles. The second-order valence-electron chi connectivity index (χ2n) is 9.03. The Morgan fingerprint density at radius 2 is 1.76 bits per heavy atom. The van der Waals surface area contributed by atoms with Crippen molar-refractivity contribution in [3.8, 4) is 0 Å². The van der Waals surface area contributed by atoms with Crippen LogP contribution in [0.2, 0.25) is 0 Å². The summed E-state index contributed by atoms with van der Waals surface area (Å²) >= 11 is 0. The number of imidazole rings is 1. The van der Waals surface area contributed by atoms with Gasteiger partial charge in [0, 0.05) is 44.3 Å². The van der Waals surface area contributed by atoms with Crippen LogP contribution in [0.25, 0.3) is 5.65 Å². The first-order valence-corrected chi connectivity index (χ1v) is 12.2. The Balaban J connectivity index is 0.000000222. The number of rotatable bonds is 5. The van der Waals surface area contributed by atoms with E-state index in [1.54, 1.807) is 6.20 Å². The summed E-state index contributed by atoms with van der Waals surface area (Å²) in [7, 11) is 0. The summed E-state index contributed by atoms with van der Waals surface area (Å²) in [6.07, 6.45) is 10.7. The van der Waals surface area contributed by atoms with Crippen LogP contribution in [-0.4, -0.2) is 71.6 Å². The molecular formula is C25H33N9. The fraction of sp³-hybridized carbons (Fsp3) is 0.440. The average molecular weight is 460 g/mol. The van der Waals surface area contributed by atoms with Gasteiger partial charge in [0.25, 0.3) is 0 Å². The average Bonchev–Trinajstić information content (AvgIpc) is 3.44. The van der Waals surface area contributed by atoms with E-state index in [0.29, 0.717) is 6.54 Å². The number of nitrogens with zero attached hydrogens (tertiary/aromatic N) is 8. The van der Waals surface area contributed by atoms with Crippen LogP contribution in [0.15, 0.2) is 67.1 Å². The zero-order valence-corrected chi connectivity index (χ0v) is 19.5. The maximum atomic E-state index is 6.55. The first kappa shape index (κ1) is 22.6. The van der Waals surface area contributed by atoms with Gasteiger partial charge in [-0.3, -0.25) is 9.80 Å². The van der Waals surface area contributed by atoms with E-state index in [4.69, 9.17) is 5.73 Å². The van der Waals surface area contributed by atoms with Gasteiger partial charge in [-0.25, -0.2) is 9.67 Å². The van der Waals surface area contributed by atoms with Gasteiger partial charge in [0.05, 0.1) is 6.54 Å². The molecule has 0 amide bonds. The van der Waals surface area contributed by atoms with Crippen LogP contribution in [0.1, 0.15) is 43.2 Å². The van der Waals surface area contributed by atoms with Crippen molar-refractivity contribution in [2.45, 2.75) is 44.4 Å². The molecule has 1 aliphatic carbocycles. The lowest BCUT2D eigenvalue weighted by atomic mass is 9.91. The third-order valence-corrected chi connectivity index (χ3v) is 6.85. The molecule has 2 fully saturated rings. The van der Waals surface area contributed by atoms with Crippen LogP contribution < -0.4 is 5.73 Å². The van der Waals surface area contributed by atoms with E-state index in [2.05, 4.69) is 42.4 Å². The van der Waals surface area contributed by atoms with E-state index in [9.17, 15) is 0 Å². The van der Waals surface area contributed by atoms with E-state index in [-0.39, 0.29) is 6.17 Å². The van der Waals surface area contributed by atoms with Gasteiger partial charge in [0.2, 0.25) is 0 Å². The molecule has 3 aromatic heterocycles. The van der Waals surface area contributed by atoms with Crippen molar-refractivity contribution in [3.63, 3.8) is 0 Å². The summed E-state index contributed by atoms with van der Waals surface area (Å²) < 4.78 is 3.80. The van der Waals surface area contributed by atoms with Gasteiger partial charge < -0.3 is 10.1 Å².